The van der Waals surface area contributed by atoms with Crippen LogP contribution in [0.1, 0.15) is 35.7 Å². The van der Waals surface area contributed by atoms with Crippen molar-refractivity contribution in [1.29, 1.82) is 0 Å². The number of nitrogens with zero attached hydrogens (tertiary/aromatic N) is 2. The van der Waals surface area contributed by atoms with E-state index in [1.165, 1.54) is 5.56 Å². The Morgan fingerprint density at radius 1 is 1.10 bits per heavy atom. The molecular weight excluding hydrogens is 252 g/mol. The van der Waals surface area contributed by atoms with E-state index in [0.29, 0.717) is 5.56 Å². The quantitative estimate of drug-likeness (QED) is 0.754. The van der Waals surface area contributed by atoms with Crippen LogP contribution in [0.2, 0.25) is 0 Å². The number of benzene rings is 1. The maximum atomic E-state index is 10.8. The van der Waals surface area contributed by atoms with Gasteiger partial charge in [-0.05, 0) is 64.3 Å². The molecule has 1 aromatic rings. The lowest BCUT2D eigenvalue weighted by molar-refractivity contribution is 0.0697. The summed E-state index contributed by atoms with van der Waals surface area (Å²) in [5, 5.41) is 8.89. The second kappa shape index (κ2) is 8.72. The molecule has 0 heterocycles. The molecule has 0 aliphatic heterocycles. The summed E-state index contributed by atoms with van der Waals surface area (Å²) in [5.41, 5.74) is 1.52. The first-order valence-electron chi connectivity index (χ1n) is 7.22. The van der Waals surface area contributed by atoms with Crippen molar-refractivity contribution in [1.82, 2.24) is 9.80 Å². The summed E-state index contributed by atoms with van der Waals surface area (Å²) < 4.78 is 0. The van der Waals surface area contributed by atoms with Gasteiger partial charge in [0.2, 0.25) is 0 Å². The highest BCUT2D eigenvalue weighted by atomic mass is 16.4. The zero-order valence-electron chi connectivity index (χ0n) is 12.8. The molecule has 20 heavy (non-hydrogen) atoms. The number of carboxylic acids is 1. The van der Waals surface area contributed by atoms with Crippen LogP contribution in [-0.2, 0) is 6.54 Å². The van der Waals surface area contributed by atoms with Gasteiger partial charge in [0.1, 0.15) is 0 Å². The number of carbonyl (C=O) groups is 1. The molecule has 1 N–H and O–H groups in total. The van der Waals surface area contributed by atoms with Gasteiger partial charge in [0.25, 0.3) is 0 Å². The fraction of sp³-hybridized carbons (Fsp3) is 0.562. The highest BCUT2D eigenvalue weighted by molar-refractivity contribution is 5.87. The van der Waals surface area contributed by atoms with Gasteiger partial charge in [-0.1, -0.05) is 19.1 Å². The van der Waals surface area contributed by atoms with Crippen LogP contribution < -0.4 is 0 Å². The van der Waals surface area contributed by atoms with Crippen molar-refractivity contribution in [2.24, 2.45) is 0 Å². The van der Waals surface area contributed by atoms with Gasteiger partial charge in [-0.2, -0.15) is 0 Å². The zero-order chi connectivity index (χ0) is 15.0. The van der Waals surface area contributed by atoms with Crippen LogP contribution in [0, 0.1) is 0 Å². The van der Waals surface area contributed by atoms with Crippen LogP contribution in [0.4, 0.5) is 0 Å². The Kier molecular flexibility index (Phi) is 7.26. The Bertz CT molecular complexity index is 401. The normalized spacial score (nSPS) is 11.2. The van der Waals surface area contributed by atoms with Gasteiger partial charge in [0, 0.05) is 6.54 Å². The second-order valence-electron chi connectivity index (χ2n) is 5.44. The molecule has 4 heteroatoms. The molecule has 1 rings (SSSR count). The Hall–Kier alpha value is -1.39. The molecule has 0 radical (unpaired) electrons. The molecule has 0 amide bonds. The molecule has 0 aliphatic rings. The maximum absolute atomic E-state index is 10.8. The van der Waals surface area contributed by atoms with Crippen molar-refractivity contribution in [2.75, 3.05) is 33.7 Å². The largest absolute Gasteiger partial charge is 0.478 e. The van der Waals surface area contributed by atoms with Crippen molar-refractivity contribution in [2.45, 2.75) is 26.3 Å². The predicted octanol–water partition coefficient (Wildman–Crippen LogP) is 2.55. The van der Waals surface area contributed by atoms with Gasteiger partial charge in [-0.25, -0.2) is 4.79 Å². The molecule has 4 nitrogen and oxygen atoms in total. The van der Waals surface area contributed by atoms with Gasteiger partial charge < -0.3 is 10.0 Å². The highest BCUT2D eigenvalue weighted by Gasteiger charge is 2.07. The van der Waals surface area contributed by atoms with E-state index in [1.807, 2.05) is 12.1 Å². The van der Waals surface area contributed by atoms with Crippen LogP contribution in [0.3, 0.4) is 0 Å². The molecule has 0 atom stereocenters. The lowest BCUT2D eigenvalue weighted by Gasteiger charge is -2.22. The molecule has 0 aliphatic carbocycles. The van der Waals surface area contributed by atoms with Crippen LogP contribution in [0.5, 0.6) is 0 Å². The molecule has 0 saturated carbocycles. The van der Waals surface area contributed by atoms with Gasteiger partial charge in [-0.3, -0.25) is 4.90 Å². The smallest absolute Gasteiger partial charge is 0.335 e. The summed E-state index contributed by atoms with van der Waals surface area (Å²) >= 11 is 0. The molecule has 112 valence electrons. The molecular formula is C16H26N2O2. The van der Waals surface area contributed by atoms with Crippen molar-refractivity contribution < 1.29 is 9.90 Å². The van der Waals surface area contributed by atoms with E-state index in [4.69, 9.17) is 5.11 Å². The predicted molar refractivity (Wildman–Crippen MR) is 82.1 cm³/mol. The summed E-state index contributed by atoms with van der Waals surface area (Å²) in [6.45, 7) is 6.33. The minimum Gasteiger partial charge on any atom is -0.478 e. The summed E-state index contributed by atoms with van der Waals surface area (Å²) in [6, 6.07) is 7.19. The molecule has 0 unspecified atom stereocenters. The highest BCUT2D eigenvalue weighted by Crippen LogP contribution is 2.09. The van der Waals surface area contributed by atoms with Gasteiger partial charge in [0.15, 0.2) is 0 Å². The SMILES string of the molecule is CCCN(CCCN(C)C)Cc1ccc(C(=O)O)cc1. The Labute approximate surface area is 122 Å². The fourth-order valence-electron chi connectivity index (χ4n) is 2.21. The average molecular weight is 278 g/mol. The van der Waals surface area contributed by atoms with Gasteiger partial charge >= 0.3 is 5.97 Å². The van der Waals surface area contributed by atoms with Crippen LogP contribution in [0.25, 0.3) is 0 Å². The number of hydrogen-bond donors (Lipinski definition) is 1. The maximum Gasteiger partial charge on any atom is 0.335 e. The zero-order valence-corrected chi connectivity index (χ0v) is 12.8. The number of rotatable bonds is 9. The third kappa shape index (κ3) is 6.17. The Morgan fingerprint density at radius 3 is 2.25 bits per heavy atom. The molecule has 0 spiro atoms. The van der Waals surface area contributed by atoms with Crippen LogP contribution >= 0.6 is 0 Å². The fourth-order valence-corrected chi connectivity index (χ4v) is 2.21. The molecule has 0 aromatic heterocycles. The van der Waals surface area contributed by atoms with E-state index >= 15 is 0 Å². The van der Waals surface area contributed by atoms with E-state index in [0.717, 1.165) is 39.0 Å². The monoisotopic (exact) mass is 278 g/mol. The summed E-state index contributed by atoms with van der Waals surface area (Å²) in [4.78, 5) is 15.5. The van der Waals surface area contributed by atoms with Crippen LogP contribution in [0.15, 0.2) is 24.3 Å². The number of aromatic carboxylic acids is 1. The topological polar surface area (TPSA) is 43.8 Å². The van der Waals surface area contributed by atoms with E-state index in [2.05, 4.69) is 30.8 Å². The third-order valence-corrected chi connectivity index (χ3v) is 3.23. The standard InChI is InChI=1S/C16H26N2O2/c1-4-10-18(12-5-11-17(2)3)13-14-6-8-15(9-7-14)16(19)20/h6-9H,4-5,10-13H2,1-3H3,(H,19,20). The van der Waals surface area contributed by atoms with Crippen molar-refractivity contribution in [3.63, 3.8) is 0 Å². The van der Waals surface area contributed by atoms with Crippen molar-refractivity contribution in [3.8, 4) is 0 Å². The molecule has 0 saturated heterocycles. The summed E-state index contributed by atoms with van der Waals surface area (Å²) in [6.07, 6.45) is 2.29. The number of hydrogen-bond acceptors (Lipinski definition) is 3. The average Bonchev–Trinajstić information content (AvgIpc) is 2.39. The molecule has 1 aromatic carbocycles. The lowest BCUT2D eigenvalue weighted by Crippen LogP contribution is -2.27. The second-order valence-corrected chi connectivity index (χ2v) is 5.44. The summed E-state index contributed by atoms with van der Waals surface area (Å²) in [5.74, 6) is -0.868. The van der Waals surface area contributed by atoms with Crippen LogP contribution in [-0.4, -0.2) is 54.6 Å². The van der Waals surface area contributed by atoms with Crippen molar-refractivity contribution >= 4 is 5.97 Å². The van der Waals surface area contributed by atoms with E-state index in [9.17, 15) is 4.79 Å². The first kappa shape index (κ1) is 16.7. The van der Waals surface area contributed by atoms with E-state index in [1.54, 1.807) is 12.1 Å². The van der Waals surface area contributed by atoms with Gasteiger partial charge in [-0.15, -0.1) is 0 Å². The number of carboxylic acid groups (broad SMARTS) is 1. The molecule has 0 fully saturated rings. The van der Waals surface area contributed by atoms with E-state index in [-0.39, 0.29) is 0 Å². The Morgan fingerprint density at radius 2 is 1.75 bits per heavy atom. The Balaban J connectivity index is 2.53. The third-order valence-electron chi connectivity index (χ3n) is 3.23. The van der Waals surface area contributed by atoms with Crippen molar-refractivity contribution in [3.05, 3.63) is 35.4 Å². The van der Waals surface area contributed by atoms with E-state index < -0.39 is 5.97 Å². The minimum absolute atomic E-state index is 0.350. The lowest BCUT2D eigenvalue weighted by atomic mass is 10.1. The summed E-state index contributed by atoms with van der Waals surface area (Å²) in [7, 11) is 4.18. The minimum atomic E-state index is -0.868. The molecule has 0 bridgehead atoms. The first-order chi connectivity index (χ1) is 9.52. The van der Waals surface area contributed by atoms with Gasteiger partial charge in [0.05, 0.1) is 5.56 Å². The first-order valence-corrected chi connectivity index (χ1v) is 7.22.